The summed E-state index contributed by atoms with van der Waals surface area (Å²) in [5, 5.41) is 0. The number of aliphatic imine (C=N–C) groups is 1. The van der Waals surface area contributed by atoms with Crippen molar-refractivity contribution in [2.24, 2.45) is 4.99 Å². The zero-order chi connectivity index (χ0) is 11.9. The highest BCUT2D eigenvalue weighted by atomic mass is 79.9. The van der Waals surface area contributed by atoms with Crippen molar-refractivity contribution in [3.05, 3.63) is 22.2 Å². The molecule has 5 heteroatoms. The van der Waals surface area contributed by atoms with Crippen molar-refractivity contribution in [2.45, 2.75) is 24.8 Å². The lowest BCUT2D eigenvalue weighted by molar-refractivity contribution is 0.173. The Morgan fingerprint density at radius 3 is 2.82 bits per heavy atom. The van der Waals surface area contributed by atoms with Gasteiger partial charge in [0.15, 0.2) is 11.5 Å². The van der Waals surface area contributed by atoms with E-state index in [-0.39, 0.29) is 6.79 Å². The van der Waals surface area contributed by atoms with E-state index in [1.54, 1.807) is 6.08 Å². The number of halogens is 1. The minimum absolute atomic E-state index is 0.237. The Labute approximate surface area is 107 Å². The maximum absolute atomic E-state index is 10.5. The summed E-state index contributed by atoms with van der Waals surface area (Å²) in [7, 11) is 0. The summed E-state index contributed by atoms with van der Waals surface area (Å²) in [6.07, 6.45) is 4.53. The van der Waals surface area contributed by atoms with Crippen LogP contribution in [0.4, 0.5) is 0 Å². The van der Waals surface area contributed by atoms with Gasteiger partial charge in [0, 0.05) is 0 Å². The molecular weight excluding hydrogens is 286 g/mol. The van der Waals surface area contributed by atoms with Crippen LogP contribution < -0.4 is 9.47 Å². The van der Waals surface area contributed by atoms with E-state index >= 15 is 0 Å². The molecule has 1 saturated carbocycles. The van der Waals surface area contributed by atoms with Crippen molar-refractivity contribution in [1.29, 1.82) is 0 Å². The van der Waals surface area contributed by atoms with E-state index < -0.39 is 5.54 Å². The largest absolute Gasteiger partial charge is 0.454 e. The van der Waals surface area contributed by atoms with Gasteiger partial charge in [0.2, 0.25) is 12.9 Å². The lowest BCUT2D eigenvalue weighted by atomic mass is 9.72. The summed E-state index contributed by atoms with van der Waals surface area (Å²) in [6, 6.07) is 3.86. The molecule has 0 bridgehead atoms. The van der Waals surface area contributed by atoms with E-state index in [1.165, 1.54) is 0 Å². The Morgan fingerprint density at radius 2 is 2.18 bits per heavy atom. The molecule has 1 aromatic rings. The molecule has 0 saturated heterocycles. The molecule has 0 unspecified atom stereocenters. The molecule has 0 radical (unpaired) electrons. The maximum Gasteiger partial charge on any atom is 0.235 e. The summed E-state index contributed by atoms with van der Waals surface area (Å²) in [5.41, 5.74) is 0.592. The van der Waals surface area contributed by atoms with Gasteiger partial charge in [-0.05, 0) is 52.9 Å². The van der Waals surface area contributed by atoms with Gasteiger partial charge in [-0.2, -0.15) is 4.99 Å². The van der Waals surface area contributed by atoms with Crippen molar-refractivity contribution < 1.29 is 14.3 Å². The summed E-state index contributed by atoms with van der Waals surface area (Å²) in [4.78, 5) is 14.5. The van der Waals surface area contributed by atoms with Crippen LogP contribution in [0.25, 0.3) is 0 Å². The Kier molecular flexibility index (Phi) is 2.45. The number of hydrogen-bond acceptors (Lipinski definition) is 4. The molecule has 3 rings (SSSR count). The Balaban J connectivity index is 2.09. The number of isocyanates is 1. The first-order valence-electron chi connectivity index (χ1n) is 5.44. The van der Waals surface area contributed by atoms with Crippen LogP contribution in [0.15, 0.2) is 21.6 Å². The van der Waals surface area contributed by atoms with Crippen LogP contribution in [0.5, 0.6) is 11.5 Å². The molecule has 2 aliphatic rings. The van der Waals surface area contributed by atoms with E-state index in [2.05, 4.69) is 20.9 Å². The van der Waals surface area contributed by atoms with Crippen LogP contribution in [0, 0.1) is 0 Å². The number of hydrogen-bond donors (Lipinski definition) is 0. The average Bonchev–Trinajstić information content (AvgIpc) is 2.71. The molecule has 1 fully saturated rings. The van der Waals surface area contributed by atoms with Crippen LogP contribution in [-0.4, -0.2) is 12.9 Å². The topological polar surface area (TPSA) is 47.9 Å². The van der Waals surface area contributed by atoms with Gasteiger partial charge in [0.1, 0.15) is 0 Å². The summed E-state index contributed by atoms with van der Waals surface area (Å²) >= 11 is 3.45. The van der Waals surface area contributed by atoms with Crippen LogP contribution in [0.2, 0.25) is 0 Å². The highest BCUT2D eigenvalue weighted by Crippen LogP contribution is 2.49. The van der Waals surface area contributed by atoms with Gasteiger partial charge in [-0.25, -0.2) is 4.79 Å². The minimum atomic E-state index is -0.398. The number of ether oxygens (including phenoxy) is 2. The second kappa shape index (κ2) is 3.86. The molecule has 0 amide bonds. The monoisotopic (exact) mass is 295 g/mol. The number of benzene rings is 1. The molecule has 0 spiro atoms. The van der Waals surface area contributed by atoms with Gasteiger partial charge >= 0.3 is 0 Å². The quantitative estimate of drug-likeness (QED) is 0.623. The van der Waals surface area contributed by atoms with Crippen LogP contribution in [0.3, 0.4) is 0 Å². The normalized spacial score (nSPS) is 19.4. The number of fused-ring (bicyclic) bond motifs is 1. The molecule has 88 valence electrons. The molecule has 1 aliphatic carbocycles. The van der Waals surface area contributed by atoms with Gasteiger partial charge in [0.25, 0.3) is 0 Å². The Bertz CT molecular complexity index is 519. The minimum Gasteiger partial charge on any atom is -0.454 e. The molecular formula is C12H10BrNO3. The van der Waals surface area contributed by atoms with Gasteiger partial charge < -0.3 is 9.47 Å². The van der Waals surface area contributed by atoms with E-state index in [0.29, 0.717) is 5.75 Å². The average molecular weight is 296 g/mol. The van der Waals surface area contributed by atoms with Gasteiger partial charge in [-0.1, -0.05) is 0 Å². The van der Waals surface area contributed by atoms with Crippen molar-refractivity contribution in [1.82, 2.24) is 0 Å². The smallest absolute Gasteiger partial charge is 0.235 e. The first-order valence-corrected chi connectivity index (χ1v) is 6.23. The molecule has 0 atom stereocenters. The highest BCUT2D eigenvalue weighted by Gasteiger charge is 2.40. The van der Waals surface area contributed by atoms with E-state index in [0.717, 1.165) is 35.0 Å². The first-order chi connectivity index (χ1) is 8.25. The van der Waals surface area contributed by atoms with Crippen LogP contribution >= 0.6 is 15.9 Å². The van der Waals surface area contributed by atoms with Crippen molar-refractivity contribution in [2.75, 3.05) is 6.79 Å². The lowest BCUT2D eigenvalue weighted by Crippen LogP contribution is -2.31. The fourth-order valence-corrected chi connectivity index (χ4v) is 2.86. The molecule has 0 N–H and O–H groups in total. The fourth-order valence-electron chi connectivity index (χ4n) is 2.30. The fraction of sp³-hybridized carbons (Fsp3) is 0.417. The second-order valence-corrected chi connectivity index (χ2v) is 5.13. The van der Waals surface area contributed by atoms with E-state index in [1.807, 2.05) is 12.1 Å². The third-order valence-corrected chi connectivity index (χ3v) is 3.99. The molecule has 1 aromatic carbocycles. The van der Waals surface area contributed by atoms with E-state index in [9.17, 15) is 4.79 Å². The SMILES string of the molecule is O=C=NC1(c2cc(Br)c3c(c2)OCO3)CCC1. The molecule has 1 aliphatic heterocycles. The Hall–Kier alpha value is -1.32. The molecule has 1 heterocycles. The standard InChI is InChI=1S/C12H10BrNO3/c13-9-4-8(5-10-11(9)17-7-16-10)12(14-6-15)2-1-3-12/h4-5H,1-3,7H2. The van der Waals surface area contributed by atoms with Gasteiger partial charge in [0.05, 0.1) is 10.0 Å². The molecule has 4 nitrogen and oxygen atoms in total. The van der Waals surface area contributed by atoms with Crippen molar-refractivity contribution in [3.8, 4) is 11.5 Å². The maximum atomic E-state index is 10.5. The number of carbonyl (C=O) groups excluding carboxylic acids is 1. The van der Waals surface area contributed by atoms with Crippen molar-refractivity contribution in [3.63, 3.8) is 0 Å². The van der Waals surface area contributed by atoms with Gasteiger partial charge in [-0.15, -0.1) is 0 Å². The third-order valence-electron chi connectivity index (χ3n) is 3.40. The Morgan fingerprint density at radius 1 is 1.35 bits per heavy atom. The van der Waals surface area contributed by atoms with Crippen LogP contribution in [0.1, 0.15) is 24.8 Å². The van der Waals surface area contributed by atoms with Crippen molar-refractivity contribution >= 4 is 22.0 Å². The van der Waals surface area contributed by atoms with Gasteiger partial charge in [-0.3, -0.25) is 0 Å². The molecule has 17 heavy (non-hydrogen) atoms. The first kappa shape index (κ1) is 10.8. The summed E-state index contributed by atoms with van der Waals surface area (Å²) in [6.45, 7) is 0.237. The summed E-state index contributed by atoms with van der Waals surface area (Å²) in [5.74, 6) is 1.43. The number of rotatable bonds is 2. The predicted octanol–water partition coefficient (Wildman–Crippen LogP) is 2.89. The zero-order valence-corrected chi connectivity index (χ0v) is 10.6. The van der Waals surface area contributed by atoms with Crippen LogP contribution in [-0.2, 0) is 10.3 Å². The third kappa shape index (κ3) is 1.58. The second-order valence-electron chi connectivity index (χ2n) is 4.28. The zero-order valence-electron chi connectivity index (χ0n) is 9.03. The predicted molar refractivity (Wildman–Crippen MR) is 63.9 cm³/mol. The highest BCUT2D eigenvalue weighted by molar-refractivity contribution is 9.10. The number of nitrogens with zero attached hydrogens (tertiary/aromatic N) is 1. The molecule has 0 aromatic heterocycles. The summed E-state index contributed by atoms with van der Waals surface area (Å²) < 4.78 is 11.5. The van der Waals surface area contributed by atoms with E-state index in [4.69, 9.17) is 9.47 Å². The lowest BCUT2D eigenvalue weighted by Gasteiger charge is -2.37.